The molecular formula is C14H21N3O2. The summed E-state index contributed by atoms with van der Waals surface area (Å²) in [6, 6.07) is 4.22. The van der Waals surface area contributed by atoms with Gasteiger partial charge in [-0.1, -0.05) is 0 Å². The van der Waals surface area contributed by atoms with Crippen LogP contribution in [0.4, 0.5) is 5.69 Å². The van der Waals surface area contributed by atoms with Gasteiger partial charge < -0.3 is 15.4 Å². The first-order valence-electron chi connectivity index (χ1n) is 6.80. The summed E-state index contributed by atoms with van der Waals surface area (Å²) in [5.41, 5.74) is 0.632. The van der Waals surface area contributed by atoms with Crippen molar-refractivity contribution >= 4 is 11.6 Å². The quantitative estimate of drug-likeness (QED) is 0.789. The van der Waals surface area contributed by atoms with Gasteiger partial charge in [-0.3, -0.25) is 4.79 Å². The van der Waals surface area contributed by atoms with Crippen molar-refractivity contribution in [3.05, 3.63) is 18.3 Å². The average Bonchev–Trinajstić information content (AvgIpc) is 3.15. The molecule has 0 radical (unpaired) electrons. The van der Waals surface area contributed by atoms with E-state index < -0.39 is 0 Å². The second-order valence-electron chi connectivity index (χ2n) is 5.05. The number of amides is 1. The summed E-state index contributed by atoms with van der Waals surface area (Å²) < 4.78 is 5.56. The molecule has 1 amide bonds. The van der Waals surface area contributed by atoms with E-state index in [1.54, 1.807) is 18.3 Å². The Kier molecular flexibility index (Phi) is 4.74. The zero-order valence-corrected chi connectivity index (χ0v) is 11.5. The van der Waals surface area contributed by atoms with Crippen LogP contribution in [-0.2, 0) is 4.79 Å². The van der Waals surface area contributed by atoms with Crippen LogP contribution in [0.1, 0.15) is 33.1 Å². The van der Waals surface area contributed by atoms with Crippen molar-refractivity contribution in [3.63, 3.8) is 0 Å². The monoisotopic (exact) mass is 263 g/mol. The molecule has 1 heterocycles. The average molecular weight is 263 g/mol. The number of hydrogen-bond donors (Lipinski definition) is 2. The molecule has 0 unspecified atom stereocenters. The van der Waals surface area contributed by atoms with Gasteiger partial charge in [0.2, 0.25) is 11.8 Å². The molecule has 5 nitrogen and oxygen atoms in total. The van der Waals surface area contributed by atoms with E-state index in [1.807, 2.05) is 13.8 Å². The summed E-state index contributed by atoms with van der Waals surface area (Å²) in [5.74, 6) is 0.454. The summed E-state index contributed by atoms with van der Waals surface area (Å²) in [4.78, 5) is 16.0. The number of nitrogens with zero attached hydrogens (tertiary/aromatic N) is 1. The molecule has 1 aliphatic carbocycles. The summed E-state index contributed by atoms with van der Waals surface area (Å²) in [7, 11) is 0. The van der Waals surface area contributed by atoms with Crippen molar-refractivity contribution in [2.45, 2.75) is 45.3 Å². The summed E-state index contributed by atoms with van der Waals surface area (Å²) in [5, 5.41) is 6.16. The second kappa shape index (κ2) is 6.52. The third kappa shape index (κ3) is 4.87. The molecule has 0 spiro atoms. The number of nitrogens with one attached hydrogen (secondary N) is 2. The van der Waals surface area contributed by atoms with E-state index in [4.69, 9.17) is 4.74 Å². The number of rotatable bonds is 7. The number of hydrogen-bond acceptors (Lipinski definition) is 4. The van der Waals surface area contributed by atoms with Gasteiger partial charge in [-0.25, -0.2) is 4.98 Å². The molecule has 1 aliphatic rings. The van der Waals surface area contributed by atoms with Gasteiger partial charge in [0.05, 0.1) is 6.10 Å². The Morgan fingerprint density at radius 3 is 3.00 bits per heavy atom. The molecule has 5 heteroatoms. The third-order valence-corrected chi connectivity index (χ3v) is 2.76. The zero-order valence-electron chi connectivity index (χ0n) is 11.5. The fourth-order valence-electron chi connectivity index (χ4n) is 1.69. The van der Waals surface area contributed by atoms with E-state index in [0.29, 0.717) is 24.0 Å². The number of ether oxygens (including phenoxy) is 1. The Hall–Kier alpha value is -1.62. The lowest BCUT2D eigenvalue weighted by molar-refractivity contribution is -0.116. The van der Waals surface area contributed by atoms with Gasteiger partial charge >= 0.3 is 0 Å². The maximum atomic E-state index is 11.8. The van der Waals surface area contributed by atoms with Crippen LogP contribution in [0.3, 0.4) is 0 Å². The standard InChI is InChI=1S/C14H21N3O2/c1-10(2)19-14-12(4-3-8-16-14)17-13(18)7-9-15-11-5-6-11/h3-4,8,10-11,15H,5-7,9H2,1-2H3,(H,17,18). The molecule has 2 N–H and O–H groups in total. The van der Waals surface area contributed by atoms with Crippen LogP contribution in [0.2, 0.25) is 0 Å². The van der Waals surface area contributed by atoms with Crippen LogP contribution < -0.4 is 15.4 Å². The van der Waals surface area contributed by atoms with E-state index in [9.17, 15) is 4.79 Å². The van der Waals surface area contributed by atoms with E-state index in [0.717, 1.165) is 6.54 Å². The van der Waals surface area contributed by atoms with Crippen LogP contribution in [0.5, 0.6) is 5.88 Å². The SMILES string of the molecule is CC(C)Oc1ncccc1NC(=O)CCNC1CC1. The normalized spacial score (nSPS) is 14.5. The highest BCUT2D eigenvalue weighted by Crippen LogP contribution is 2.22. The lowest BCUT2D eigenvalue weighted by Crippen LogP contribution is -2.23. The minimum absolute atomic E-state index is 0.0187. The summed E-state index contributed by atoms with van der Waals surface area (Å²) in [6.45, 7) is 4.58. The van der Waals surface area contributed by atoms with Crippen molar-refractivity contribution in [1.29, 1.82) is 0 Å². The van der Waals surface area contributed by atoms with Gasteiger partial charge in [-0.2, -0.15) is 0 Å². The summed E-state index contributed by atoms with van der Waals surface area (Å²) in [6.07, 6.45) is 4.61. The highest BCUT2D eigenvalue weighted by Gasteiger charge is 2.20. The molecule has 0 bridgehead atoms. The smallest absolute Gasteiger partial charge is 0.238 e. The number of pyridine rings is 1. The third-order valence-electron chi connectivity index (χ3n) is 2.76. The highest BCUT2D eigenvalue weighted by atomic mass is 16.5. The van der Waals surface area contributed by atoms with Crippen LogP contribution in [0, 0.1) is 0 Å². The predicted octanol–water partition coefficient (Wildman–Crippen LogP) is 1.95. The minimum Gasteiger partial charge on any atom is -0.473 e. The number of aromatic nitrogens is 1. The number of carbonyl (C=O) groups excluding carboxylic acids is 1. The Balaban J connectivity index is 1.84. The maximum Gasteiger partial charge on any atom is 0.238 e. The number of anilines is 1. The molecule has 104 valence electrons. The minimum atomic E-state index is -0.0187. The van der Waals surface area contributed by atoms with E-state index in [1.165, 1.54) is 12.8 Å². The predicted molar refractivity (Wildman–Crippen MR) is 74.3 cm³/mol. The van der Waals surface area contributed by atoms with Gasteiger partial charge in [0.1, 0.15) is 5.69 Å². The van der Waals surface area contributed by atoms with E-state index in [-0.39, 0.29) is 12.0 Å². The first-order chi connectivity index (χ1) is 9.15. The molecule has 1 aromatic rings. The van der Waals surface area contributed by atoms with E-state index in [2.05, 4.69) is 15.6 Å². The lowest BCUT2D eigenvalue weighted by atomic mass is 10.3. The van der Waals surface area contributed by atoms with Gasteiger partial charge in [-0.05, 0) is 38.8 Å². The Labute approximate surface area is 113 Å². The second-order valence-corrected chi connectivity index (χ2v) is 5.05. The Morgan fingerprint density at radius 1 is 1.53 bits per heavy atom. The van der Waals surface area contributed by atoms with Crippen molar-refractivity contribution < 1.29 is 9.53 Å². The van der Waals surface area contributed by atoms with Gasteiger partial charge in [0, 0.05) is 25.2 Å². The molecule has 0 aromatic carbocycles. The first-order valence-corrected chi connectivity index (χ1v) is 6.80. The fourth-order valence-corrected chi connectivity index (χ4v) is 1.69. The molecule has 2 rings (SSSR count). The topological polar surface area (TPSA) is 63.2 Å². The Bertz CT molecular complexity index is 430. The van der Waals surface area contributed by atoms with E-state index >= 15 is 0 Å². The van der Waals surface area contributed by atoms with Crippen molar-refractivity contribution in [2.24, 2.45) is 0 Å². The van der Waals surface area contributed by atoms with Crippen molar-refractivity contribution in [1.82, 2.24) is 10.3 Å². The van der Waals surface area contributed by atoms with Crippen molar-refractivity contribution in [3.8, 4) is 5.88 Å². The van der Waals surface area contributed by atoms with Crippen LogP contribution in [0.15, 0.2) is 18.3 Å². The van der Waals surface area contributed by atoms with Gasteiger partial charge in [0.15, 0.2) is 0 Å². The first kappa shape index (κ1) is 13.8. The van der Waals surface area contributed by atoms with Gasteiger partial charge in [-0.15, -0.1) is 0 Å². The van der Waals surface area contributed by atoms with Crippen LogP contribution >= 0.6 is 0 Å². The molecule has 0 atom stereocenters. The van der Waals surface area contributed by atoms with Gasteiger partial charge in [0.25, 0.3) is 0 Å². The Morgan fingerprint density at radius 2 is 2.32 bits per heavy atom. The van der Waals surface area contributed by atoms with Crippen LogP contribution in [-0.4, -0.2) is 29.6 Å². The highest BCUT2D eigenvalue weighted by molar-refractivity contribution is 5.91. The molecule has 1 aromatic heterocycles. The maximum absolute atomic E-state index is 11.8. The molecule has 0 aliphatic heterocycles. The molecular weight excluding hydrogens is 242 g/mol. The molecule has 0 saturated heterocycles. The van der Waals surface area contributed by atoms with Crippen molar-refractivity contribution in [2.75, 3.05) is 11.9 Å². The number of carbonyl (C=O) groups is 1. The van der Waals surface area contributed by atoms with Crippen LogP contribution in [0.25, 0.3) is 0 Å². The molecule has 1 saturated carbocycles. The fraction of sp³-hybridized carbons (Fsp3) is 0.571. The molecule has 1 fully saturated rings. The molecule has 19 heavy (non-hydrogen) atoms. The lowest BCUT2D eigenvalue weighted by Gasteiger charge is -2.13. The summed E-state index contributed by atoms with van der Waals surface area (Å²) >= 11 is 0. The largest absolute Gasteiger partial charge is 0.473 e. The zero-order chi connectivity index (χ0) is 13.7.